The third-order valence-corrected chi connectivity index (χ3v) is 4.58. The first kappa shape index (κ1) is 24.5. The molecule has 0 aromatic heterocycles. The lowest BCUT2D eigenvalue weighted by atomic mass is 10.1. The van der Waals surface area contributed by atoms with Crippen LogP contribution in [0.2, 0.25) is 0 Å². The molecular weight excluding hydrogens is 400 g/mol. The van der Waals surface area contributed by atoms with Crippen LogP contribution in [0.15, 0.2) is 35.2 Å². The molecule has 0 N–H and O–H groups in total. The molecule has 0 heterocycles. The lowest BCUT2D eigenvalue weighted by molar-refractivity contribution is -0.189. The lowest BCUT2D eigenvalue weighted by Gasteiger charge is -2.31. The summed E-state index contributed by atoms with van der Waals surface area (Å²) in [7, 11) is 0. The van der Waals surface area contributed by atoms with E-state index in [0.29, 0.717) is 12.2 Å². The van der Waals surface area contributed by atoms with Crippen molar-refractivity contribution in [1.29, 1.82) is 0 Å². The van der Waals surface area contributed by atoms with E-state index in [4.69, 9.17) is 18.9 Å². The van der Waals surface area contributed by atoms with Crippen LogP contribution in [0.5, 0.6) is 0 Å². The summed E-state index contributed by atoms with van der Waals surface area (Å²) in [5.74, 6) is -1.93. The monoisotopic (exact) mass is 426 g/mol. The van der Waals surface area contributed by atoms with Gasteiger partial charge in [-0.25, -0.2) is 0 Å². The standard InChI is InChI=1S/C20H26O8S/c1-13(21)25-12-19(27-15(3)23)20(28-16(4)24)18(26-14(2)22)10-11-29-17-8-6-5-7-9-17/h5-9,18-20H,10-12H2,1-4H3/t18-,19?,20+/m1/s1. The van der Waals surface area contributed by atoms with Gasteiger partial charge in [-0.05, 0) is 18.6 Å². The molecule has 29 heavy (non-hydrogen) atoms. The normalized spacial score (nSPS) is 13.5. The summed E-state index contributed by atoms with van der Waals surface area (Å²) in [6.45, 7) is 4.46. The van der Waals surface area contributed by atoms with E-state index in [1.807, 2.05) is 30.3 Å². The van der Waals surface area contributed by atoms with Crippen molar-refractivity contribution in [3.05, 3.63) is 30.3 Å². The maximum Gasteiger partial charge on any atom is 0.303 e. The molecule has 0 aliphatic heterocycles. The molecule has 1 aromatic rings. The topological polar surface area (TPSA) is 105 Å². The summed E-state index contributed by atoms with van der Waals surface area (Å²) >= 11 is 1.53. The number of ether oxygens (including phenoxy) is 4. The Kier molecular flexibility index (Phi) is 10.8. The molecule has 8 nitrogen and oxygen atoms in total. The highest BCUT2D eigenvalue weighted by Crippen LogP contribution is 2.23. The zero-order valence-electron chi connectivity index (χ0n) is 16.9. The van der Waals surface area contributed by atoms with E-state index in [-0.39, 0.29) is 6.61 Å². The smallest absolute Gasteiger partial charge is 0.303 e. The second-order valence-electron chi connectivity index (χ2n) is 6.12. The summed E-state index contributed by atoms with van der Waals surface area (Å²) in [5.41, 5.74) is 0. The zero-order chi connectivity index (χ0) is 21.8. The first-order valence-electron chi connectivity index (χ1n) is 9.02. The number of esters is 4. The number of thioether (sulfide) groups is 1. The summed E-state index contributed by atoms with van der Waals surface area (Å²) in [5, 5.41) is 0. The first-order valence-corrected chi connectivity index (χ1v) is 10.0. The molecule has 1 unspecified atom stereocenters. The Morgan fingerprint density at radius 3 is 1.86 bits per heavy atom. The quantitative estimate of drug-likeness (QED) is 0.300. The SMILES string of the molecule is CC(=O)OCC(OC(C)=O)[C@@H](OC(C)=O)[C@@H](CCSc1ccccc1)OC(C)=O. The molecule has 0 aliphatic carbocycles. The van der Waals surface area contributed by atoms with Gasteiger partial charge in [-0.15, -0.1) is 11.8 Å². The van der Waals surface area contributed by atoms with Gasteiger partial charge in [0, 0.05) is 38.3 Å². The van der Waals surface area contributed by atoms with E-state index >= 15 is 0 Å². The van der Waals surface area contributed by atoms with Crippen molar-refractivity contribution in [2.75, 3.05) is 12.4 Å². The molecule has 1 rings (SSSR count). The van der Waals surface area contributed by atoms with E-state index in [1.165, 1.54) is 39.5 Å². The lowest BCUT2D eigenvalue weighted by Crippen LogP contribution is -2.47. The van der Waals surface area contributed by atoms with E-state index in [2.05, 4.69) is 0 Å². The average molecular weight is 426 g/mol. The molecule has 0 fully saturated rings. The van der Waals surface area contributed by atoms with Crippen molar-refractivity contribution >= 4 is 35.6 Å². The van der Waals surface area contributed by atoms with Gasteiger partial charge in [0.15, 0.2) is 12.2 Å². The van der Waals surface area contributed by atoms with Gasteiger partial charge in [0.05, 0.1) is 0 Å². The van der Waals surface area contributed by atoms with Crippen molar-refractivity contribution < 1.29 is 38.1 Å². The van der Waals surface area contributed by atoms with Crippen LogP contribution in [-0.2, 0) is 38.1 Å². The molecule has 0 bridgehead atoms. The van der Waals surface area contributed by atoms with Gasteiger partial charge < -0.3 is 18.9 Å². The van der Waals surface area contributed by atoms with Crippen molar-refractivity contribution in [1.82, 2.24) is 0 Å². The Morgan fingerprint density at radius 2 is 1.34 bits per heavy atom. The molecule has 0 radical (unpaired) electrons. The van der Waals surface area contributed by atoms with Crippen LogP contribution in [0.1, 0.15) is 34.1 Å². The first-order chi connectivity index (χ1) is 13.7. The Hall–Kier alpha value is -2.55. The molecule has 160 valence electrons. The molecule has 0 amide bonds. The third kappa shape index (κ3) is 10.5. The van der Waals surface area contributed by atoms with E-state index in [0.717, 1.165) is 4.90 Å². The number of hydrogen-bond acceptors (Lipinski definition) is 9. The van der Waals surface area contributed by atoms with Crippen molar-refractivity contribution in [3.8, 4) is 0 Å². The zero-order valence-corrected chi connectivity index (χ0v) is 17.7. The summed E-state index contributed by atoms with van der Waals surface area (Å²) in [6, 6.07) is 9.60. The number of carbonyl (C=O) groups excluding carboxylic acids is 4. The van der Waals surface area contributed by atoms with Crippen LogP contribution in [0.25, 0.3) is 0 Å². The Bertz CT molecular complexity index is 691. The van der Waals surface area contributed by atoms with E-state index in [9.17, 15) is 19.2 Å². The predicted molar refractivity (Wildman–Crippen MR) is 105 cm³/mol. The summed E-state index contributed by atoms with van der Waals surface area (Å²) in [6.07, 6.45) is -2.83. The van der Waals surface area contributed by atoms with Gasteiger partial charge in [0.25, 0.3) is 0 Å². The molecule has 0 spiro atoms. The van der Waals surface area contributed by atoms with Gasteiger partial charge in [-0.1, -0.05) is 18.2 Å². The second kappa shape index (κ2) is 12.8. The van der Waals surface area contributed by atoms with Gasteiger partial charge in [-0.2, -0.15) is 0 Å². The van der Waals surface area contributed by atoms with Gasteiger partial charge >= 0.3 is 23.9 Å². The summed E-state index contributed by atoms with van der Waals surface area (Å²) < 4.78 is 20.8. The maximum atomic E-state index is 11.7. The van der Waals surface area contributed by atoms with Gasteiger partial charge in [0.1, 0.15) is 12.7 Å². The predicted octanol–water partition coefficient (Wildman–Crippen LogP) is 2.53. The van der Waals surface area contributed by atoms with Gasteiger partial charge in [0.2, 0.25) is 0 Å². The largest absolute Gasteiger partial charge is 0.462 e. The van der Waals surface area contributed by atoms with Crippen LogP contribution < -0.4 is 0 Å². The fraction of sp³-hybridized carbons (Fsp3) is 0.500. The highest BCUT2D eigenvalue weighted by atomic mass is 32.2. The minimum atomic E-state index is -1.13. The second-order valence-corrected chi connectivity index (χ2v) is 7.29. The number of hydrogen-bond donors (Lipinski definition) is 0. The molecule has 9 heteroatoms. The molecular formula is C20H26O8S. The number of carbonyl (C=O) groups is 4. The molecule has 0 saturated heterocycles. The number of rotatable bonds is 11. The van der Waals surface area contributed by atoms with Crippen LogP contribution in [0.4, 0.5) is 0 Å². The number of benzene rings is 1. The third-order valence-electron chi connectivity index (χ3n) is 3.53. The Morgan fingerprint density at radius 1 is 0.793 bits per heavy atom. The van der Waals surface area contributed by atoms with E-state index < -0.39 is 42.2 Å². The highest BCUT2D eigenvalue weighted by Gasteiger charge is 2.37. The average Bonchev–Trinajstić information content (AvgIpc) is 2.62. The minimum absolute atomic E-state index is 0.314. The molecule has 0 aliphatic rings. The van der Waals surface area contributed by atoms with Crippen LogP contribution in [0, 0.1) is 0 Å². The van der Waals surface area contributed by atoms with Crippen molar-refractivity contribution in [2.45, 2.75) is 57.3 Å². The summed E-state index contributed by atoms with van der Waals surface area (Å²) in [4.78, 5) is 47.0. The van der Waals surface area contributed by atoms with Crippen LogP contribution in [0.3, 0.4) is 0 Å². The van der Waals surface area contributed by atoms with Crippen molar-refractivity contribution in [3.63, 3.8) is 0 Å². The van der Waals surface area contributed by atoms with Crippen molar-refractivity contribution in [2.24, 2.45) is 0 Å². The fourth-order valence-corrected chi connectivity index (χ4v) is 3.44. The fourth-order valence-electron chi connectivity index (χ4n) is 2.50. The molecule has 1 aromatic carbocycles. The Balaban J connectivity index is 3.00. The van der Waals surface area contributed by atoms with Crippen LogP contribution in [-0.4, -0.2) is 54.5 Å². The molecule has 0 saturated carbocycles. The van der Waals surface area contributed by atoms with E-state index in [1.54, 1.807) is 0 Å². The highest BCUT2D eigenvalue weighted by molar-refractivity contribution is 7.99. The Labute approximate surface area is 174 Å². The van der Waals surface area contributed by atoms with Gasteiger partial charge in [-0.3, -0.25) is 19.2 Å². The van der Waals surface area contributed by atoms with Crippen LogP contribution >= 0.6 is 11.8 Å². The maximum absolute atomic E-state index is 11.7. The minimum Gasteiger partial charge on any atom is -0.462 e. The molecule has 3 atom stereocenters.